The van der Waals surface area contributed by atoms with Crippen LogP contribution in [0.25, 0.3) is 0 Å². The number of rotatable bonds is 10. The Balaban J connectivity index is -0.000000606. The third kappa shape index (κ3) is 14.9. The van der Waals surface area contributed by atoms with Crippen molar-refractivity contribution in [3.05, 3.63) is 88.4 Å². The summed E-state index contributed by atoms with van der Waals surface area (Å²) >= 11 is 0. The summed E-state index contributed by atoms with van der Waals surface area (Å²) < 4.78 is 10.8. The molecule has 0 atom stereocenters. The maximum absolute atomic E-state index is 8.73. The molecule has 0 heterocycles. The van der Waals surface area contributed by atoms with Crippen molar-refractivity contribution < 1.29 is 31.1 Å². The zero-order valence-electron chi connectivity index (χ0n) is 20.1. The van der Waals surface area contributed by atoms with Gasteiger partial charge in [-0.1, -0.05) is 70.9 Å². The van der Waals surface area contributed by atoms with E-state index in [1.165, 1.54) is 31.2 Å². The fourth-order valence-corrected chi connectivity index (χ4v) is 2.78. The van der Waals surface area contributed by atoms with Gasteiger partial charge in [0, 0.05) is 16.5 Å². The van der Waals surface area contributed by atoms with Crippen LogP contribution in [-0.4, -0.2) is 24.9 Å². The normalized spacial score (nSPS) is 9.81. The summed E-state index contributed by atoms with van der Waals surface area (Å²) in [6, 6.07) is 15.2. The Morgan fingerprint density at radius 3 is 1.97 bits per heavy atom. The molecule has 0 bridgehead atoms. The van der Waals surface area contributed by atoms with Crippen LogP contribution in [0.4, 0.5) is 0 Å². The topological polar surface area (TPSA) is 38.7 Å². The minimum atomic E-state index is 0. The van der Waals surface area contributed by atoms with E-state index in [1.807, 2.05) is 0 Å². The van der Waals surface area contributed by atoms with Gasteiger partial charge in [0.05, 0.1) is 12.4 Å². The van der Waals surface area contributed by atoms with E-state index in [0.717, 1.165) is 11.3 Å². The second-order valence-corrected chi connectivity index (χ2v) is 7.49. The summed E-state index contributed by atoms with van der Waals surface area (Å²) in [5, 5.41) is 8.73. The molecule has 0 aliphatic carbocycles. The molecule has 2 aromatic carbocycles. The van der Waals surface area contributed by atoms with Crippen LogP contribution in [-0.2, 0) is 26.6 Å². The molecule has 0 amide bonds. The van der Waals surface area contributed by atoms with E-state index in [0.29, 0.717) is 19.8 Å². The zero-order valence-corrected chi connectivity index (χ0v) is 21.1. The van der Waals surface area contributed by atoms with Crippen LogP contribution >= 0.6 is 0 Å². The maximum atomic E-state index is 8.73. The molecule has 182 valence electrons. The van der Waals surface area contributed by atoms with Gasteiger partial charge in [-0.25, -0.2) is 0 Å². The van der Waals surface area contributed by atoms with Crippen LogP contribution in [0.1, 0.15) is 57.6 Å². The molecular formula is C27H42NiO3-4. The molecular weight excluding hydrogens is 431 g/mol. The first kappa shape index (κ1) is 34.0. The van der Waals surface area contributed by atoms with Crippen molar-refractivity contribution in [3.63, 3.8) is 0 Å². The van der Waals surface area contributed by atoms with Gasteiger partial charge >= 0.3 is 0 Å². The SMILES string of the molecule is [CH2-]COCCOc1ccc(C(C)(C)CCCCC)cc1.[CH2-]c1ccc(O)cc1.[CH3-].[CH3-].[Ni]. The fraction of sp³-hybridized carbons (Fsp3) is 0.407. The molecule has 0 aliphatic rings. The summed E-state index contributed by atoms with van der Waals surface area (Å²) in [7, 11) is 0. The van der Waals surface area contributed by atoms with Gasteiger partial charge in [0.25, 0.3) is 0 Å². The number of benzene rings is 2. The van der Waals surface area contributed by atoms with Gasteiger partial charge in [-0.2, -0.15) is 24.6 Å². The Labute approximate surface area is 202 Å². The summed E-state index contributed by atoms with van der Waals surface area (Å²) in [6.45, 7) is 15.8. The van der Waals surface area contributed by atoms with Crippen molar-refractivity contribution in [2.45, 2.75) is 51.9 Å². The first-order chi connectivity index (χ1) is 13.4. The average Bonchev–Trinajstić information content (AvgIpc) is 2.69. The number of unbranched alkanes of at least 4 members (excludes halogenated alkanes) is 2. The van der Waals surface area contributed by atoms with E-state index in [9.17, 15) is 0 Å². The number of aromatic hydroxyl groups is 1. The van der Waals surface area contributed by atoms with Crippen LogP contribution in [0.5, 0.6) is 11.5 Å². The number of hydrogen-bond donors (Lipinski definition) is 1. The summed E-state index contributed by atoms with van der Waals surface area (Å²) in [5.74, 6) is 1.20. The first-order valence-electron chi connectivity index (χ1n) is 10.1. The van der Waals surface area contributed by atoms with E-state index in [2.05, 4.69) is 58.9 Å². The summed E-state index contributed by atoms with van der Waals surface area (Å²) in [4.78, 5) is 0. The van der Waals surface area contributed by atoms with E-state index in [1.54, 1.807) is 24.3 Å². The van der Waals surface area contributed by atoms with Crippen LogP contribution in [0.3, 0.4) is 0 Å². The van der Waals surface area contributed by atoms with Gasteiger partial charge < -0.3 is 36.4 Å². The van der Waals surface area contributed by atoms with Crippen molar-refractivity contribution >= 4 is 0 Å². The predicted octanol–water partition coefficient (Wildman–Crippen LogP) is 7.25. The molecule has 0 spiro atoms. The molecule has 0 saturated carbocycles. The molecule has 4 heteroatoms. The van der Waals surface area contributed by atoms with Crippen molar-refractivity contribution in [2.24, 2.45) is 0 Å². The molecule has 0 aliphatic heterocycles. The molecule has 1 N–H and O–H groups in total. The van der Waals surface area contributed by atoms with Crippen molar-refractivity contribution in [1.29, 1.82) is 0 Å². The van der Waals surface area contributed by atoms with Crippen LogP contribution in [0, 0.1) is 28.7 Å². The Morgan fingerprint density at radius 2 is 1.48 bits per heavy atom. The Morgan fingerprint density at radius 1 is 0.903 bits per heavy atom. The fourth-order valence-electron chi connectivity index (χ4n) is 2.78. The second kappa shape index (κ2) is 19.1. The van der Waals surface area contributed by atoms with Gasteiger partial charge in [0.2, 0.25) is 0 Å². The minimum Gasteiger partial charge on any atom is -0.510 e. The first-order valence-corrected chi connectivity index (χ1v) is 10.1. The van der Waals surface area contributed by atoms with Crippen LogP contribution in [0.15, 0.2) is 48.5 Å². The molecule has 2 rings (SSSR count). The summed E-state index contributed by atoms with van der Waals surface area (Å²) in [5.41, 5.74) is 2.54. The third-order valence-electron chi connectivity index (χ3n) is 4.62. The summed E-state index contributed by atoms with van der Waals surface area (Å²) in [6.07, 6.45) is 5.12. The van der Waals surface area contributed by atoms with Gasteiger partial charge in [0.15, 0.2) is 0 Å². The molecule has 0 aromatic heterocycles. The molecule has 0 unspecified atom stereocenters. The third-order valence-corrected chi connectivity index (χ3v) is 4.62. The zero-order chi connectivity index (χ0) is 20.8. The number of phenolic OH excluding ortho intramolecular Hbond substituents is 1. The standard InChI is InChI=1S/C18H29O2.C7H7O.2CH3.Ni/c1-5-7-8-13-18(3,4)16-9-11-17(12-10-16)20-15-14-19-6-2;1-6-2-4-7(8)5-3-6;;;/h9-12H,2,5-8,13-15H2,1,3-4H3;2-5,8H,1H2;2*1H3;/q4*-1;. The molecule has 0 radical (unpaired) electrons. The molecule has 2 aromatic rings. The number of ether oxygens (including phenoxy) is 2. The van der Waals surface area contributed by atoms with Gasteiger partial charge in [-0.3, -0.25) is 0 Å². The Kier molecular flexibility index (Phi) is 20.9. The number of hydrogen-bond acceptors (Lipinski definition) is 3. The van der Waals surface area contributed by atoms with Gasteiger partial charge in [0.1, 0.15) is 12.4 Å². The largest absolute Gasteiger partial charge is 0.510 e. The maximum Gasteiger partial charge on any atom is 0.119 e. The minimum absolute atomic E-state index is 0. The van der Waals surface area contributed by atoms with Crippen LogP contribution in [0.2, 0.25) is 0 Å². The molecule has 31 heavy (non-hydrogen) atoms. The average molecular weight is 473 g/mol. The van der Waals surface area contributed by atoms with E-state index in [-0.39, 0.29) is 42.5 Å². The molecule has 3 nitrogen and oxygen atoms in total. The number of phenols is 1. The Bertz CT molecular complexity index is 616. The quantitative estimate of drug-likeness (QED) is 0.225. The van der Waals surface area contributed by atoms with Crippen molar-refractivity contribution in [3.8, 4) is 11.5 Å². The van der Waals surface area contributed by atoms with E-state index < -0.39 is 0 Å². The monoisotopic (exact) mass is 472 g/mol. The second-order valence-electron chi connectivity index (χ2n) is 7.49. The van der Waals surface area contributed by atoms with E-state index in [4.69, 9.17) is 14.6 Å². The Hall–Kier alpha value is -1.64. The van der Waals surface area contributed by atoms with Crippen molar-refractivity contribution in [1.82, 2.24) is 0 Å². The van der Waals surface area contributed by atoms with Gasteiger partial charge in [-0.15, -0.1) is 0 Å². The molecule has 0 fully saturated rings. The predicted molar refractivity (Wildman–Crippen MR) is 131 cm³/mol. The molecule has 0 saturated heterocycles. The van der Waals surface area contributed by atoms with E-state index >= 15 is 0 Å². The van der Waals surface area contributed by atoms with Crippen LogP contribution < -0.4 is 4.74 Å². The smallest absolute Gasteiger partial charge is 0.119 e. The van der Waals surface area contributed by atoms with Crippen molar-refractivity contribution in [2.75, 3.05) is 19.8 Å². The van der Waals surface area contributed by atoms with Gasteiger partial charge in [-0.05, 0) is 29.5 Å².